The monoisotopic (exact) mass is 300 g/mol. The van der Waals surface area contributed by atoms with Crippen molar-refractivity contribution in [2.24, 2.45) is 0 Å². The summed E-state index contributed by atoms with van der Waals surface area (Å²) in [5, 5.41) is 3.54. The molecule has 2 aromatic rings. The van der Waals surface area contributed by atoms with Crippen LogP contribution in [-0.4, -0.2) is 10.6 Å². The van der Waals surface area contributed by atoms with Gasteiger partial charge in [-0.1, -0.05) is 18.2 Å². The molecule has 0 amide bonds. The Balaban J connectivity index is 1.87. The lowest BCUT2D eigenvalue weighted by Gasteiger charge is -2.39. The van der Waals surface area contributed by atoms with E-state index in [1.165, 1.54) is 6.20 Å². The van der Waals surface area contributed by atoms with E-state index < -0.39 is 0 Å². The summed E-state index contributed by atoms with van der Waals surface area (Å²) in [6.45, 7) is 6.13. The number of hydrogen-bond donors (Lipinski definition) is 1. The Kier molecular flexibility index (Phi) is 3.87. The zero-order chi connectivity index (χ0) is 15.7. The zero-order valence-corrected chi connectivity index (χ0v) is 13.1. The molecule has 0 fully saturated rings. The number of aromatic nitrogens is 1. The highest BCUT2D eigenvalue weighted by Gasteiger charge is 2.34. The second-order valence-corrected chi connectivity index (χ2v) is 6.44. The van der Waals surface area contributed by atoms with E-state index >= 15 is 0 Å². The Labute approximate surface area is 130 Å². The van der Waals surface area contributed by atoms with Crippen LogP contribution in [0.4, 0.5) is 4.39 Å². The molecule has 0 aliphatic carbocycles. The molecular formula is C18H21FN2O. The van der Waals surface area contributed by atoms with Crippen molar-refractivity contribution in [3.8, 4) is 5.75 Å². The van der Waals surface area contributed by atoms with Crippen LogP contribution < -0.4 is 10.1 Å². The van der Waals surface area contributed by atoms with E-state index in [0.717, 1.165) is 17.7 Å². The number of nitrogens with zero attached hydrogens (tertiary/aromatic N) is 1. The van der Waals surface area contributed by atoms with Crippen molar-refractivity contribution < 1.29 is 9.13 Å². The van der Waals surface area contributed by atoms with Crippen molar-refractivity contribution in [1.29, 1.82) is 0 Å². The minimum Gasteiger partial charge on any atom is -0.487 e. The minimum atomic E-state index is -0.276. The van der Waals surface area contributed by atoms with E-state index in [0.29, 0.717) is 5.56 Å². The van der Waals surface area contributed by atoms with E-state index in [2.05, 4.69) is 30.2 Å². The molecular weight excluding hydrogens is 279 g/mol. The van der Waals surface area contributed by atoms with Crippen LogP contribution in [0.3, 0.4) is 0 Å². The normalized spacial score (nSPS) is 20.8. The molecule has 1 aliphatic rings. The van der Waals surface area contributed by atoms with Gasteiger partial charge in [0.2, 0.25) is 0 Å². The fourth-order valence-electron chi connectivity index (χ4n) is 3.08. The minimum absolute atomic E-state index is 0.102. The third-order valence-corrected chi connectivity index (χ3v) is 4.10. The first-order valence-electron chi connectivity index (χ1n) is 7.60. The topological polar surface area (TPSA) is 34.1 Å². The van der Waals surface area contributed by atoms with E-state index in [1.807, 2.05) is 25.1 Å². The summed E-state index contributed by atoms with van der Waals surface area (Å²) < 4.78 is 20.0. The fourth-order valence-corrected chi connectivity index (χ4v) is 3.08. The maximum atomic E-state index is 13.9. The van der Waals surface area contributed by atoms with E-state index in [9.17, 15) is 4.39 Å². The Bertz CT molecular complexity index is 672. The summed E-state index contributed by atoms with van der Waals surface area (Å²) >= 11 is 0. The molecule has 0 radical (unpaired) electrons. The second kappa shape index (κ2) is 5.69. The summed E-state index contributed by atoms with van der Waals surface area (Å²) in [5.74, 6) is 0.626. The lowest BCUT2D eigenvalue weighted by atomic mass is 9.89. The number of fused-ring (bicyclic) bond motifs is 1. The van der Waals surface area contributed by atoms with Gasteiger partial charge < -0.3 is 10.1 Å². The molecule has 0 unspecified atom stereocenters. The van der Waals surface area contributed by atoms with Gasteiger partial charge >= 0.3 is 0 Å². The Hall–Kier alpha value is -1.94. The van der Waals surface area contributed by atoms with Crippen molar-refractivity contribution in [2.45, 2.75) is 44.9 Å². The number of pyridine rings is 1. The Morgan fingerprint density at radius 1 is 1.32 bits per heavy atom. The van der Waals surface area contributed by atoms with Crippen molar-refractivity contribution >= 4 is 0 Å². The number of rotatable bonds is 3. The van der Waals surface area contributed by atoms with Gasteiger partial charge in [0.25, 0.3) is 0 Å². The smallest absolute Gasteiger partial charge is 0.146 e. The molecule has 0 saturated carbocycles. The number of halogens is 1. The van der Waals surface area contributed by atoms with Gasteiger partial charge in [0.05, 0.1) is 6.20 Å². The predicted octanol–water partition coefficient (Wildman–Crippen LogP) is 4.17. The van der Waals surface area contributed by atoms with Gasteiger partial charge in [0.1, 0.15) is 17.2 Å². The number of para-hydroxylation sites is 1. The maximum Gasteiger partial charge on any atom is 0.146 e. The fraction of sp³-hybridized carbons (Fsp3) is 0.389. The number of hydrogen-bond acceptors (Lipinski definition) is 3. The maximum absolute atomic E-state index is 13.9. The molecule has 1 aliphatic heterocycles. The Morgan fingerprint density at radius 2 is 2.09 bits per heavy atom. The van der Waals surface area contributed by atoms with Crippen LogP contribution in [0.5, 0.6) is 5.75 Å². The quantitative estimate of drug-likeness (QED) is 0.923. The first kappa shape index (κ1) is 15.0. The molecule has 3 nitrogen and oxygen atoms in total. The van der Waals surface area contributed by atoms with Crippen LogP contribution in [0.15, 0.2) is 42.7 Å². The summed E-state index contributed by atoms with van der Waals surface area (Å²) in [4.78, 5) is 3.81. The molecule has 2 atom stereocenters. The molecule has 4 heteroatoms. The highest BCUT2D eigenvalue weighted by Crippen LogP contribution is 2.40. The van der Waals surface area contributed by atoms with E-state index in [1.54, 1.807) is 12.3 Å². The Morgan fingerprint density at radius 3 is 2.86 bits per heavy atom. The highest BCUT2D eigenvalue weighted by atomic mass is 19.1. The van der Waals surface area contributed by atoms with Gasteiger partial charge in [-0.25, -0.2) is 4.39 Å². The van der Waals surface area contributed by atoms with Gasteiger partial charge in [-0.15, -0.1) is 0 Å². The molecule has 1 aromatic heterocycles. The van der Waals surface area contributed by atoms with Gasteiger partial charge in [-0.05, 0) is 32.9 Å². The van der Waals surface area contributed by atoms with Crippen LogP contribution in [-0.2, 0) is 0 Å². The van der Waals surface area contributed by atoms with E-state index in [-0.39, 0.29) is 23.5 Å². The van der Waals surface area contributed by atoms with Crippen molar-refractivity contribution in [2.75, 3.05) is 0 Å². The van der Waals surface area contributed by atoms with Crippen LogP contribution in [0.25, 0.3) is 0 Å². The van der Waals surface area contributed by atoms with E-state index in [4.69, 9.17) is 4.74 Å². The SMILES string of the molecule is C[C@@H](N[C@H]1CC(C)(C)Oc2ccccc21)c1ccncc1F. The van der Waals surface area contributed by atoms with Gasteiger partial charge in [0.15, 0.2) is 0 Å². The van der Waals surface area contributed by atoms with Gasteiger partial charge in [-0.3, -0.25) is 4.98 Å². The summed E-state index contributed by atoms with van der Waals surface area (Å²) in [6, 6.07) is 9.79. The van der Waals surface area contributed by atoms with Crippen molar-refractivity contribution in [3.05, 3.63) is 59.7 Å². The molecule has 3 rings (SSSR count). The number of benzene rings is 1. The third kappa shape index (κ3) is 2.97. The first-order valence-corrected chi connectivity index (χ1v) is 7.60. The van der Waals surface area contributed by atoms with Crippen LogP contribution in [0.2, 0.25) is 0 Å². The van der Waals surface area contributed by atoms with Crippen LogP contribution >= 0.6 is 0 Å². The highest BCUT2D eigenvalue weighted by molar-refractivity contribution is 5.39. The standard InChI is InChI=1S/C18H21FN2O/c1-12(13-8-9-20-11-15(13)19)21-16-10-18(2,3)22-17-7-5-4-6-14(16)17/h4-9,11-12,16,21H,10H2,1-3H3/t12-,16+/m1/s1. The molecule has 0 spiro atoms. The van der Waals surface area contributed by atoms with Gasteiger partial charge in [-0.2, -0.15) is 0 Å². The summed E-state index contributed by atoms with van der Waals surface area (Å²) in [6.07, 6.45) is 3.72. The molecule has 116 valence electrons. The molecule has 0 saturated heterocycles. The number of ether oxygens (including phenoxy) is 1. The average Bonchev–Trinajstić information content (AvgIpc) is 2.46. The number of nitrogens with one attached hydrogen (secondary N) is 1. The van der Waals surface area contributed by atoms with Gasteiger partial charge in [0, 0.05) is 35.8 Å². The van der Waals surface area contributed by atoms with Crippen LogP contribution in [0, 0.1) is 5.82 Å². The van der Waals surface area contributed by atoms with Crippen LogP contribution in [0.1, 0.15) is 50.4 Å². The summed E-state index contributed by atoms with van der Waals surface area (Å²) in [7, 11) is 0. The average molecular weight is 300 g/mol. The lowest BCUT2D eigenvalue weighted by Crippen LogP contribution is -2.40. The first-order chi connectivity index (χ1) is 10.5. The molecule has 1 aromatic carbocycles. The molecule has 22 heavy (non-hydrogen) atoms. The predicted molar refractivity (Wildman–Crippen MR) is 84.3 cm³/mol. The second-order valence-electron chi connectivity index (χ2n) is 6.44. The molecule has 2 heterocycles. The third-order valence-electron chi connectivity index (χ3n) is 4.10. The largest absolute Gasteiger partial charge is 0.487 e. The van der Waals surface area contributed by atoms with Crippen molar-refractivity contribution in [1.82, 2.24) is 10.3 Å². The van der Waals surface area contributed by atoms with Crippen molar-refractivity contribution in [3.63, 3.8) is 0 Å². The summed E-state index contributed by atoms with van der Waals surface area (Å²) in [5.41, 5.74) is 1.52. The molecule has 0 bridgehead atoms. The zero-order valence-electron chi connectivity index (χ0n) is 13.1. The lowest BCUT2D eigenvalue weighted by molar-refractivity contribution is 0.0640. The molecule has 1 N–H and O–H groups in total.